The van der Waals surface area contributed by atoms with Crippen molar-refractivity contribution in [3.05, 3.63) is 71.8 Å². The van der Waals surface area contributed by atoms with Gasteiger partial charge in [0.1, 0.15) is 17.3 Å². The Bertz CT molecular complexity index is 1210. The average Bonchev–Trinajstić information content (AvgIpc) is 3.13. The lowest BCUT2D eigenvalue weighted by atomic mass is 10.1. The summed E-state index contributed by atoms with van der Waals surface area (Å²) in [5.74, 6) is 1.09. The van der Waals surface area contributed by atoms with E-state index >= 15 is 0 Å². The highest BCUT2D eigenvalue weighted by Gasteiger charge is 2.18. The number of Topliss-reactive ketones (excluding diaryl/α,β-unsaturated/α-hetero) is 1. The van der Waals surface area contributed by atoms with Gasteiger partial charge in [-0.3, -0.25) is 4.40 Å². The maximum absolute atomic E-state index is 11.3. The molecule has 0 aliphatic heterocycles. The molecule has 0 N–H and O–H groups in total. The molecule has 0 amide bonds. The molecule has 0 radical (unpaired) electrons. The molecule has 31 heavy (non-hydrogen) atoms. The lowest BCUT2D eigenvalue weighted by Gasteiger charge is -2.08. The number of fused-ring (bicyclic) bond motifs is 1. The predicted molar refractivity (Wildman–Crippen MR) is 124 cm³/mol. The fraction of sp³-hybridized carbons (Fsp3) is 0.308. The second-order valence-corrected chi connectivity index (χ2v) is 8.10. The number of ketones is 1. The second kappa shape index (κ2) is 9.21. The largest absolute Gasteiger partial charge is 0.300 e. The van der Waals surface area contributed by atoms with Gasteiger partial charge in [0.15, 0.2) is 0 Å². The Morgan fingerprint density at radius 3 is 2.58 bits per heavy atom. The predicted octanol–water partition coefficient (Wildman–Crippen LogP) is 5.63. The summed E-state index contributed by atoms with van der Waals surface area (Å²) in [7, 11) is 0. The van der Waals surface area contributed by atoms with Gasteiger partial charge in [0.25, 0.3) is 0 Å². The third-order valence-corrected chi connectivity index (χ3v) is 5.43. The van der Waals surface area contributed by atoms with Crippen molar-refractivity contribution in [1.29, 1.82) is 0 Å². The molecule has 0 saturated carbocycles. The number of pyridine rings is 1. The van der Waals surface area contributed by atoms with Crippen LogP contribution in [0.5, 0.6) is 0 Å². The first-order valence-electron chi connectivity index (χ1n) is 10.9. The highest BCUT2D eigenvalue weighted by Crippen LogP contribution is 2.32. The zero-order valence-electron chi connectivity index (χ0n) is 18.4. The number of nitrogens with zero attached hydrogens (tertiary/aromatic N) is 4. The van der Waals surface area contributed by atoms with Crippen molar-refractivity contribution in [3.8, 4) is 22.6 Å². The third-order valence-electron chi connectivity index (χ3n) is 5.43. The van der Waals surface area contributed by atoms with Gasteiger partial charge >= 0.3 is 0 Å². The van der Waals surface area contributed by atoms with Crippen LogP contribution in [0, 0.1) is 6.92 Å². The first-order chi connectivity index (χ1) is 15.0. The number of carbonyl (C=O) groups excluding carboxylic acids is 1. The molecule has 3 heterocycles. The highest BCUT2D eigenvalue weighted by molar-refractivity contribution is 5.80. The molecule has 0 atom stereocenters. The minimum atomic E-state index is 0.234. The van der Waals surface area contributed by atoms with Gasteiger partial charge in [-0.2, -0.15) is 0 Å². The van der Waals surface area contributed by atoms with E-state index in [1.165, 1.54) is 11.1 Å². The molecule has 4 aromatic rings. The quantitative estimate of drug-likeness (QED) is 0.376. The monoisotopic (exact) mass is 412 g/mol. The normalized spacial score (nSPS) is 11.2. The van der Waals surface area contributed by atoms with Crippen LogP contribution in [0.1, 0.15) is 50.1 Å². The molecule has 0 saturated heterocycles. The third kappa shape index (κ3) is 4.71. The first-order valence-corrected chi connectivity index (χ1v) is 10.9. The minimum absolute atomic E-state index is 0.234. The van der Waals surface area contributed by atoms with E-state index in [0.29, 0.717) is 6.42 Å². The zero-order chi connectivity index (χ0) is 21.8. The fourth-order valence-electron chi connectivity index (χ4n) is 3.82. The number of benzene rings is 1. The molecule has 0 aliphatic rings. The number of hydrogen-bond donors (Lipinski definition) is 0. The van der Waals surface area contributed by atoms with Crippen LogP contribution in [0.2, 0.25) is 0 Å². The molecule has 0 aliphatic carbocycles. The Balaban J connectivity index is 1.83. The molecule has 5 nitrogen and oxygen atoms in total. The van der Waals surface area contributed by atoms with Crippen molar-refractivity contribution in [2.24, 2.45) is 0 Å². The smallest absolute Gasteiger partial charge is 0.138 e. The molecule has 5 heteroatoms. The summed E-state index contributed by atoms with van der Waals surface area (Å²) in [6, 6.07) is 14.6. The fourth-order valence-corrected chi connectivity index (χ4v) is 3.82. The van der Waals surface area contributed by atoms with Crippen molar-refractivity contribution in [3.63, 3.8) is 0 Å². The van der Waals surface area contributed by atoms with Crippen LogP contribution in [0.4, 0.5) is 0 Å². The van der Waals surface area contributed by atoms with Crippen LogP contribution in [0.25, 0.3) is 28.3 Å². The lowest BCUT2D eigenvalue weighted by molar-refractivity contribution is -0.117. The van der Waals surface area contributed by atoms with Crippen LogP contribution in [-0.4, -0.2) is 25.1 Å². The summed E-state index contributed by atoms with van der Waals surface area (Å²) in [6.07, 6.45) is 8.10. The van der Waals surface area contributed by atoms with Crippen LogP contribution in [0.3, 0.4) is 0 Å². The van der Waals surface area contributed by atoms with Crippen molar-refractivity contribution < 1.29 is 4.79 Å². The second-order valence-electron chi connectivity index (χ2n) is 8.10. The van der Waals surface area contributed by atoms with Crippen LogP contribution in [-0.2, 0) is 17.6 Å². The van der Waals surface area contributed by atoms with Crippen molar-refractivity contribution in [2.45, 2.75) is 52.9 Å². The molecule has 158 valence electrons. The number of carbonyl (C=O) groups is 1. The molecule has 4 rings (SSSR count). The SMILES string of the molecule is CCCc1nccc(-c2c(-c3ccc(C)cc3)nc3cc(CCCC(C)=O)ccn23)n1. The number of aromatic nitrogens is 4. The van der Waals surface area contributed by atoms with Gasteiger partial charge < -0.3 is 4.79 Å². The van der Waals surface area contributed by atoms with Gasteiger partial charge in [0, 0.05) is 30.8 Å². The van der Waals surface area contributed by atoms with Gasteiger partial charge in [-0.1, -0.05) is 36.8 Å². The summed E-state index contributed by atoms with van der Waals surface area (Å²) in [5, 5.41) is 0. The van der Waals surface area contributed by atoms with Crippen LogP contribution in [0.15, 0.2) is 54.9 Å². The van der Waals surface area contributed by atoms with Gasteiger partial charge in [0.2, 0.25) is 0 Å². The molecular formula is C26H28N4O. The molecule has 0 unspecified atom stereocenters. The van der Waals surface area contributed by atoms with Crippen LogP contribution < -0.4 is 0 Å². The Hall–Kier alpha value is -3.34. The van der Waals surface area contributed by atoms with E-state index in [4.69, 9.17) is 9.97 Å². The maximum Gasteiger partial charge on any atom is 0.138 e. The Morgan fingerprint density at radius 1 is 1.03 bits per heavy atom. The van der Waals surface area contributed by atoms with Crippen molar-refractivity contribution in [1.82, 2.24) is 19.4 Å². The van der Waals surface area contributed by atoms with Gasteiger partial charge in [0.05, 0.1) is 17.1 Å². The van der Waals surface area contributed by atoms with Gasteiger partial charge in [-0.15, -0.1) is 0 Å². The molecular weight excluding hydrogens is 384 g/mol. The Labute approximate surface area is 183 Å². The molecule has 0 bridgehead atoms. The van der Waals surface area contributed by atoms with E-state index in [9.17, 15) is 4.79 Å². The number of hydrogen-bond acceptors (Lipinski definition) is 4. The average molecular weight is 413 g/mol. The van der Waals surface area contributed by atoms with E-state index in [1.54, 1.807) is 6.92 Å². The number of rotatable bonds is 8. The van der Waals surface area contributed by atoms with Gasteiger partial charge in [-0.05, 0) is 56.9 Å². The molecule has 3 aromatic heterocycles. The highest BCUT2D eigenvalue weighted by atomic mass is 16.1. The molecule has 1 aromatic carbocycles. The zero-order valence-corrected chi connectivity index (χ0v) is 18.4. The topological polar surface area (TPSA) is 60.2 Å². The van der Waals surface area contributed by atoms with E-state index in [1.807, 2.05) is 12.3 Å². The summed E-state index contributed by atoms with van der Waals surface area (Å²) in [4.78, 5) is 25.5. The van der Waals surface area contributed by atoms with E-state index in [-0.39, 0.29) is 5.78 Å². The summed E-state index contributed by atoms with van der Waals surface area (Å²) in [5.41, 5.74) is 7.14. The minimum Gasteiger partial charge on any atom is -0.300 e. The van der Waals surface area contributed by atoms with E-state index in [2.05, 4.69) is 65.8 Å². The molecule has 0 fully saturated rings. The standard InChI is InChI=1S/C26H28N4O/c1-4-6-23-27-15-13-22(28-23)26-25(21-11-9-18(2)10-12-21)29-24-17-20(14-16-30(24)26)8-5-7-19(3)31/h9-17H,4-8H2,1-3H3. The van der Waals surface area contributed by atoms with Crippen LogP contribution >= 0.6 is 0 Å². The van der Waals surface area contributed by atoms with Crippen molar-refractivity contribution >= 4 is 11.4 Å². The van der Waals surface area contributed by atoms with E-state index in [0.717, 1.165) is 59.8 Å². The number of aryl methyl sites for hydroxylation is 3. The lowest BCUT2D eigenvalue weighted by Crippen LogP contribution is -1.99. The molecule has 0 spiro atoms. The van der Waals surface area contributed by atoms with Crippen molar-refractivity contribution in [2.75, 3.05) is 0 Å². The summed E-state index contributed by atoms with van der Waals surface area (Å²) < 4.78 is 2.11. The maximum atomic E-state index is 11.3. The van der Waals surface area contributed by atoms with E-state index < -0.39 is 0 Å². The first kappa shape index (κ1) is 20.9. The Kier molecular flexibility index (Phi) is 6.21. The summed E-state index contributed by atoms with van der Waals surface area (Å²) >= 11 is 0. The van der Waals surface area contributed by atoms with Gasteiger partial charge in [-0.25, -0.2) is 15.0 Å². The number of imidazole rings is 1. The Morgan fingerprint density at radius 2 is 1.84 bits per heavy atom. The summed E-state index contributed by atoms with van der Waals surface area (Å²) in [6.45, 7) is 5.87.